The minimum atomic E-state index is -0.560. The molecule has 0 spiro atoms. The molecule has 0 atom stereocenters. The number of nitrogens with zero attached hydrogens (tertiary/aromatic N) is 3. The number of nitro groups is 1. The molecule has 7 nitrogen and oxygen atoms in total. The second kappa shape index (κ2) is 7.41. The largest absolute Gasteiger partial charge is 0.319 e. The van der Waals surface area contributed by atoms with Gasteiger partial charge in [-0.15, -0.1) is 0 Å². The number of nitro benzene ring substituents is 1. The van der Waals surface area contributed by atoms with E-state index in [2.05, 4.69) is 16.5 Å². The van der Waals surface area contributed by atoms with Crippen molar-refractivity contribution in [1.82, 2.24) is 9.78 Å². The third kappa shape index (κ3) is 3.87. The maximum atomic E-state index is 12.6. The second-order valence-corrected chi connectivity index (χ2v) is 6.42. The van der Waals surface area contributed by atoms with E-state index in [1.165, 1.54) is 23.8 Å². The van der Waals surface area contributed by atoms with Crippen LogP contribution in [0, 0.1) is 30.9 Å². The molecule has 0 saturated heterocycles. The van der Waals surface area contributed by atoms with Crippen LogP contribution in [0.5, 0.6) is 0 Å². The number of benzene rings is 2. The number of rotatable bonds is 5. The van der Waals surface area contributed by atoms with Gasteiger partial charge < -0.3 is 5.32 Å². The van der Waals surface area contributed by atoms with Crippen molar-refractivity contribution in [3.05, 3.63) is 86.7 Å². The Hall–Kier alpha value is -3.48. The van der Waals surface area contributed by atoms with Gasteiger partial charge >= 0.3 is 0 Å². The SMILES string of the molecule is Cc1cccc(Cn2nc(C)c(NC(=O)c3ccccc3[N+](=O)[O-])c2C)c1. The van der Waals surface area contributed by atoms with Gasteiger partial charge in [0, 0.05) is 6.07 Å². The first-order valence-corrected chi connectivity index (χ1v) is 8.51. The molecule has 0 unspecified atom stereocenters. The Kier molecular flexibility index (Phi) is 5.03. The fraction of sp³-hybridized carbons (Fsp3) is 0.200. The van der Waals surface area contributed by atoms with E-state index >= 15 is 0 Å². The van der Waals surface area contributed by atoms with Crippen molar-refractivity contribution < 1.29 is 9.72 Å². The van der Waals surface area contributed by atoms with Crippen molar-refractivity contribution >= 4 is 17.3 Å². The van der Waals surface area contributed by atoms with E-state index in [-0.39, 0.29) is 11.3 Å². The summed E-state index contributed by atoms with van der Waals surface area (Å²) in [7, 11) is 0. The van der Waals surface area contributed by atoms with Crippen molar-refractivity contribution in [2.45, 2.75) is 27.3 Å². The predicted molar refractivity (Wildman–Crippen MR) is 103 cm³/mol. The minimum Gasteiger partial charge on any atom is -0.319 e. The van der Waals surface area contributed by atoms with Gasteiger partial charge in [-0.3, -0.25) is 19.6 Å². The Bertz CT molecular complexity index is 1020. The number of carbonyl (C=O) groups excluding carboxylic acids is 1. The lowest BCUT2D eigenvalue weighted by Gasteiger charge is -2.08. The Morgan fingerprint density at radius 2 is 1.89 bits per heavy atom. The molecule has 1 amide bonds. The van der Waals surface area contributed by atoms with Crippen molar-refractivity contribution in [1.29, 1.82) is 0 Å². The van der Waals surface area contributed by atoms with Crippen LogP contribution < -0.4 is 5.32 Å². The summed E-state index contributed by atoms with van der Waals surface area (Å²) in [5.74, 6) is -0.524. The average Bonchev–Trinajstić information content (AvgIpc) is 2.89. The quantitative estimate of drug-likeness (QED) is 0.547. The molecule has 138 valence electrons. The molecular formula is C20H20N4O3. The lowest BCUT2D eigenvalue weighted by atomic mass is 10.1. The topological polar surface area (TPSA) is 90.1 Å². The molecule has 7 heteroatoms. The summed E-state index contributed by atoms with van der Waals surface area (Å²) in [6.45, 7) is 6.28. The summed E-state index contributed by atoms with van der Waals surface area (Å²) < 4.78 is 1.82. The van der Waals surface area contributed by atoms with Crippen LogP contribution in [0.1, 0.15) is 32.9 Å². The number of amides is 1. The molecule has 3 rings (SSSR count). The van der Waals surface area contributed by atoms with Gasteiger partial charge in [-0.1, -0.05) is 42.0 Å². The highest BCUT2D eigenvalue weighted by atomic mass is 16.6. The number of aryl methyl sites for hydroxylation is 2. The predicted octanol–water partition coefficient (Wildman–Crippen LogP) is 4.02. The Morgan fingerprint density at radius 3 is 2.59 bits per heavy atom. The van der Waals surface area contributed by atoms with Gasteiger partial charge in [0.1, 0.15) is 5.56 Å². The van der Waals surface area contributed by atoms with Crippen LogP contribution >= 0.6 is 0 Å². The van der Waals surface area contributed by atoms with Crippen molar-refractivity contribution in [2.75, 3.05) is 5.32 Å². The van der Waals surface area contributed by atoms with Gasteiger partial charge in [-0.25, -0.2) is 0 Å². The normalized spacial score (nSPS) is 10.6. The molecule has 0 fully saturated rings. The molecule has 0 saturated carbocycles. The number of carbonyl (C=O) groups is 1. The van der Waals surface area contributed by atoms with Crippen LogP contribution in [-0.2, 0) is 6.54 Å². The van der Waals surface area contributed by atoms with E-state index in [0.29, 0.717) is 17.9 Å². The fourth-order valence-corrected chi connectivity index (χ4v) is 3.02. The summed E-state index contributed by atoms with van der Waals surface area (Å²) >= 11 is 0. The third-order valence-corrected chi connectivity index (χ3v) is 4.38. The molecule has 1 heterocycles. The van der Waals surface area contributed by atoms with Gasteiger partial charge in [0.05, 0.1) is 28.5 Å². The van der Waals surface area contributed by atoms with Gasteiger partial charge in [-0.2, -0.15) is 5.10 Å². The highest BCUT2D eigenvalue weighted by Gasteiger charge is 2.22. The molecule has 0 aliphatic carbocycles. The van der Waals surface area contributed by atoms with Crippen molar-refractivity contribution in [2.24, 2.45) is 0 Å². The van der Waals surface area contributed by atoms with Gasteiger partial charge in [0.2, 0.25) is 0 Å². The Morgan fingerprint density at radius 1 is 1.15 bits per heavy atom. The highest BCUT2D eigenvalue weighted by Crippen LogP contribution is 2.24. The second-order valence-electron chi connectivity index (χ2n) is 6.42. The maximum Gasteiger partial charge on any atom is 0.282 e. The zero-order valence-corrected chi connectivity index (χ0v) is 15.4. The number of nitrogens with one attached hydrogen (secondary N) is 1. The average molecular weight is 364 g/mol. The monoisotopic (exact) mass is 364 g/mol. The Labute approximate surface area is 156 Å². The first kappa shape index (κ1) is 18.3. The van der Waals surface area contributed by atoms with Crippen LogP contribution in [0.2, 0.25) is 0 Å². The molecular weight excluding hydrogens is 344 g/mol. The molecule has 0 radical (unpaired) electrons. The van der Waals surface area contributed by atoms with Crippen LogP contribution in [0.15, 0.2) is 48.5 Å². The standard InChI is InChI=1S/C20H20N4O3/c1-13-7-6-8-16(11-13)12-23-15(3)19(14(2)22-23)21-20(25)17-9-4-5-10-18(17)24(26)27/h4-11H,12H2,1-3H3,(H,21,25). The number of para-hydroxylation sites is 1. The van der Waals surface area contributed by atoms with Crippen LogP contribution in [0.25, 0.3) is 0 Å². The zero-order valence-electron chi connectivity index (χ0n) is 15.4. The van der Waals surface area contributed by atoms with E-state index in [1.54, 1.807) is 13.0 Å². The van der Waals surface area contributed by atoms with E-state index in [0.717, 1.165) is 11.3 Å². The number of anilines is 1. The third-order valence-electron chi connectivity index (χ3n) is 4.38. The van der Waals surface area contributed by atoms with Gasteiger partial charge in [0.15, 0.2) is 0 Å². The molecule has 0 bridgehead atoms. The van der Waals surface area contributed by atoms with Gasteiger partial charge in [-0.05, 0) is 32.4 Å². The van der Waals surface area contributed by atoms with Crippen molar-refractivity contribution in [3.8, 4) is 0 Å². The summed E-state index contributed by atoms with van der Waals surface area (Å²) in [5, 5.41) is 18.4. The maximum absolute atomic E-state index is 12.6. The van der Waals surface area contributed by atoms with E-state index in [1.807, 2.05) is 36.7 Å². The smallest absolute Gasteiger partial charge is 0.282 e. The molecule has 2 aromatic carbocycles. The van der Waals surface area contributed by atoms with Crippen molar-refractivity contribution in [3.63, 3.8) is 0 Å². The molecule has 0 aliphatic heterocycles. The number of aromatic nitrogens is 2. The molecule has 1 N–H and O–H groups in total. The molecule has 27 heavy (non-hydrogen) atoms. The fourth-order valence-electron chi connectivity index (χ4n) is 3.02. The molecule has 0 aliphatic rings. The molecule has 1 aromatic heterocycles. The van der Waals surface area contributed by atoms with Gasteiger partial charge in [0.25, 0.3) is 11.6 Å². The number of hydrogen-bond donors (Lipinski definition) is 1. The van der Waals surface area contributed by atoms with E-state index in [9.17, 15) is 14.9 Å². The molecule has 3 aromatic rings. The summed E-state index contributed by atoms with van der Waals surface area (Å²) in [6.07, 6.45) is 0. The summed E-state index contributed by atoms with van der Waals surface area (Å²) in [5.41, 5.74) is 4.10. The Balaban J connectivity index is 1.87. The summed E-state index contributed by atoms with van der Waals surface area (Å²) in [6, 6.07) is 14.0. The van der Waals surface area contributed by atoms with Crippen LogP contribution in [0.4, 0.5) is 11.4 Å². The first-order chi connectivity index (χ1) is 12.9. The minimum absolute atomic E-state index is 0.0211. The lowest BCUT2D eigenvalue weighted by molar-refractivity contribution is -0.385. The highest BCUT2D eigenvalue weighted by molar-refractivity contribution is 6.07. The van der Waals surface area contributed by atoms with Crippen LogP contribution in [0.3, 0.4) is 0 Å². The lowest BCUT2D eigenvalue weighted by Crippen LogP contribution is -2.15. The first-order valence-electron chi connectivity index (χ1n) is 8.51. The van der Waals surface area contributed by atoms with E-state index in [4.69, 9.17) is 0 Å². The zero-order chi connectivity index (χ0) is 19.6. The number of hydrogen-bond acceptors (Lipinski definition) is 4. The van der Waals surface area contributed by atoms with Crippen LogP contribution in [-0.4, -0.2) is 20.6 Å². The van der Waals surface area contributed by atoms with E-state index < -0.39 is 10.8 Å². The summed E-state index contributed by atoms with van der Waals surface area (Å²) in [4.78, 5) is 23.2.